The molecule has 67 heavy (non-hydrogen) atoms. The first-order valence-corrected chi connectivity index (χ1v) is 26.6. The molecule has 1 amide bonds. The number of H-pyrrole nitrogens is 1. The van der Waals surface area contributed by atoms with Crippen molar-refractivity contribution in [3.63, 3.8) is 0 Å². The lowest BCUT2D eigenvalue weighted by Gasteiger charge is -2.39. The molecular weight excluding hydrogens is 915 g/mol. The van der Waals surface area contributed by atoms with Crippen LogP contribution in [0.15, 0.2) is 89.5 Å². The molecule has 3 aliphatic heterocycles. The van der Waals surface area contributed by atoms with E-state index >= 15 is 0 Å². The summed E-state index contributed by atoms with van der Waals surface area (Å²) in [6.07, 6.45) is 5.79. The zero-order chi connectivity index (χ0) is 47.1. The summed E-state index contributed by atoms with van der Waals surface area (Å²) < 4.78 is 50.8. The number of fused-ring (bicyclic) bond motifs is 2. The van der Waals surface area contributed by atoms with E-state index in [0.717, 1.165) is 80.6 Å². The number of nitrogens with one attached hydrogen (secondary N) is 4. The predicted octanol–water partition coefficient (Wildman–Crippen LogP) is 8.09. The Kier molecular flexibility index (Phi) is 13.1. The first-order valence-electron chi connectivity index (χ1n) is 22.7. The molecule has 2 fully saturated rings. The second-order valence-corrected chi connectivity index (χ2v) is 23.3. The lowest BCUT2D eigenvalue weighted by atomic mass is 9.72. The average molecular weight is 972 g/mol. The number of nitrogens with zero attached hydrogens (tertiary/aromatic N) is 6. The molecule has 4 aliphatic rings. The van der Waals surface area contributed by atoms with Gasteiger partial charge >= 0.3 is 0 Å². The van der Waals surface area contributed by atoms with E-state index < -0.39 is 38.9 Å². The normalized spacial score (nSPS) is 20.4. The van der Waals surface area contributed by atoms with E-state index in [2.05, 4.69) is 60.9 Å². The molecule has 3 aromatic carbocycles. The summed E-state index contributed by atoms with van der Waals surface area (Å²) in [5.41, 5.74) is 6.62. The SMILES string of the molecule is CC1(C)CCC(CN2CCN(c3ccc(C(=O)NS(=O)(=O)c4ccc(NCCN5CCCNP5(C)=O)c([N+](=O)[O-])c4)c(N4CCOc5nc6[nH]ccc6cc54)c3)CC2)=C(c2ccc(Cl)cc2)C1. The van der Waals surface area contributed by atoms with Crippen LogP contribution in [0, 0.1) is 15.5 Å². The zero-order valence-corrected chi connectivity index (χ0v) is 40.4. The van der Waals surface area contributed by atoms with E-state index in [0.29, 0.717) is 49.1 Å². The maximum atomic E-state index is 14.3. The van der Waals surface area contributed by atoms with E-state index in [1.54, 1.807) is 18.9 Å². The molecule has 1 aliphatic carbocycles. The Hall–Kier alpha value is -5.49. The van der Waals surface area contributed by atoms with Crippen LogP contribution in [0.25, 0.3) is 16.6 Å². The topological polar surface area (TPSA) is 198 Å². The fourth-order valence-corrected chi connectivity index (χ4v) is 12.5. The number of amides is 1. The van der Waals surface area contributed by atoms with Gasteiger partial charge in [-0.2, -0.15) is 4.98 Å². The van der Waals surface area contributed by atoms with Crippen molar-refractivity contribution in [2.75, 3.05) is 93.8 Å². The van der Waals surface area contributed by atoms with Crippen molar-refractivity contribution in [2.24, 2.45) is 5.41 Å². The summed E-state index contributed by atoms with van der Waals surface area (Å²) in [5.74, 6) is -0.533. The van der Waals surface area contributed by atoms with E-state index in [-0.39, 0.29) is 29.8 Å². The van der Waals surface area contributed by atoms with Crippen molar-refractivity contribution in [1.82, 2.24) is 29.3 Å². The number of aromatic nitrogens is 2. The third kappa shape index (κ3) is 10.2. The Balaban J connectivity index is 0.960. The lowest BCUT2D eigenvalue weighted by molar-refractivity contribution is -0.384. The van der Waals surface area contributed by atoms with Crippen molar-refractivity contribution >= 4 is 80.0 Å². The Morgan fingerprint density at radius 2 is 1.79 bits per heavy atom. The van der Waals surface area contributed by atoms with Gasteiger partial charge in [-0.05, 0) is 96.8 Å². The van der Waals surface area contributed by atoms with E-state index in [1.165, 1.54) is 28.8 Å². The number of benzene rings is 3. The number of allylic oxidation sites excluding steroid dienone is 1. The summed E-state index contributed by atoms with van der Waals surface area (Å²) in [7, 11) is -7.33. The number of anilines is 4. The van der Waals surface area contributed by atoms with Gasteiger partial charge in [0.05, 0.1) is 27.6 Å². The molecule has 354 valence electrons. The number of halogens is 1. The van der Waals surface area contributed by atoms with Crippen molar-refractivity contribution in [3.05, 3.63) is 111 Å². The zero-order valence-electron chi connectivity index (χ0n) is 37.9. The van der Waals surface area contributed by atoms with Gasteiger partial charge < -0.3 is 24.8 Å². The van der Waals surface area contributed by atoms with Crippen LogP contribution in [0.4, 0.5) is 28.4 Å². The number of piperazine rings is 1. The first-order chi connectivity index (χ1) is 32.0. The van der Waals surface area contributed by atoms with Crippen LogP contribution in [-0.4, -0.2) is 118 Å². The molecule has 5 aromatic rings. The Labute approximate surface area is 395 Å². The Morgan fingerprint density at radius 1 is 1.00 bits per heavy atom. The molecule has 1 unspecified atom stereocenters. The van der Waals surface area contributed by atoms with E-state index in [9.17, 15) is 27.9 Å². The number of aromatic amines is 1. The number of sulfonamides is 1. The third-order valence-electron chi connectivity index (χ3n) is 13.3. The molecule has 2 aromatic heterocycles. The second-order valence-electron chi connectivity index (χ2n) is 18.5. The van der Waals surface area contributed by atoms with Crippen LogP contribution < -0.4 is 29.7 Å². The molecule has 17 nitrogen and oxygen atoms in total. The van der Waals surface area contributed by atoms with Gasteiger partial charge in [0.1, 0.15) is 23.6 Å². The van der Waals surface area contributed by atoms with Gasteiger partial charge in [-0.15, -0.1) is 0 Å². The molecule has 1 atom stereocenters. The highest BCUT2D eigenvalue weighted by atomic mass is 35.5. The fraction of sp³-hybridized carbons (Fsp3) is 0.404. The smallest absolute Gasteiger partial charge is 0.293 e. The average Bonchev–Trinajstić information content (AvgIpc) is 3.77. The number of carbonyl (C=O) groups is 1. The number of pyridine rings is 1. The molecule has 0 bridgehead atoms. The van der Waals surface area contributed by atoms with Crippen LogP contribution in [-0.2, 0) is 14.6 Å². The van der Waals surface area contributed by atoms with Crippen LogP contribution in [0.3, 0.4) is 0 Å². The second kappa shape index (κ2) is 18.9. The van der Waals surface area contributed by atoms with E-state index in [4.69, 9.17) is 16.3 Å². The largest absolute Gasteiger partial charge is 0.474 e. The van der Waals surface area contributed by atoms with Crippen molar-refractivity contribution in [1.29, 1.82) is 0 Å². The Bertz CT molecular complexity index is 2900. The summed E-state index contributed by atoms with van der Waals surface area (Å²) >= 11 is 6.27. The maximum absolute atomic E-state index is 14.3. The van der Waals surface area contributed by atoms with Crippen LogP contribution >= 0.6 is 19.0 Å². The molecule has 2 saturated heterocycles. The fourth-order valence-electron chi connectivity index (χ4n) is 9.56. The van der Waals surface area contributed by atoms with E-state index in [1.807, 2.05) is 46.0 Å². The van der Waals surface area contributed by atoms with Gasteiger partial charge in [0.2, 0.25) is 13.3 Å². The molecule has 9 rings (SSSR count). The number of hydrogen-bond donors (Lipinski definition) is 4. The van der Waals surface area contributed by atoms with Gasteiger partial charge in [0, 0.05) is 93.9 Å². The maximum Gasteiger partial charge on any atom is 0.293 e. The molecule has 5 heterocycles. The van der Waals surface area contributed by atoms with Crippen LogP contribution in [0.1, 0.15) is 55.5 Å². The van der Waals surface area contributed by atoms with Gasteiger partial charge in [-0.3, -0.25) is 29.5 Å². The molecule has 20 heteroatoms. The minimum atomic E-state index is -4.61. The summed E-state index contributed by atoms with van der Waals surface area (Å²) in [4.78, 5) is 40.0. The first kappa shape index (κ1) is 46.6. The van der Waals surface area contributed by atoms with Crippen molar-refractivity contribution in [2.45, 2.75) is 44.4 Å². The van der Waals surface area contributed by atoms with Crippen LogP contribution in [0.5, 0.6) is 5.88 Å². The highest BCUT2D eigenvalue weighted by Crippen LogP contribution is 2.45. The molecule has 0 radical (unpaired) electrons. The number of nitro groups is 1. The minimum Gasteiger partial charge on any atom is -0.474 e. The quantitative estimate of drug-likeness (QED) is 0.0502. The number of carbonyl (C=O) groups excluding carboxylic acids is 1. The molecular formula is C47H56ClN10O7PS. The van der Waals surface area contributed by atoms with Crippen molar-refractivity contribution in [3.8, 4) is 5.88 Å². The summed E-state index contributed by atoms with van der Waals surface area (Å²) in [6.45, 7) is 12.8. The Morgan fingerprint density at radius 3 is 2.55 bits per heavy atom. The molecule has 4 N–H and O–H groups in total. The van der Waals surface area contributed by atoms with Crippen LogP contribution in [0.2, 0.25) is 5.02 Å². The lowest BCUT2D eigenvalue weighted by Crippen LogP contribution is -2.47. The van der Waals surface area contributed by atoms with Gasteiger partial charge in [-0.1, -0.05) is 43.2 Å². The van der Waals surface area contributed by atoms with Gasteiger partial charge in [0.15, 0.2) is 0 Å². The molecule has 0 saturated carbocycles. The number of rotatable bonds is 13. The van der Waals surface area contributed by atoms with Crippen molar-refractivity contribution < 1.29 is 27.4 Å². The molecule has 0 spiro atoms. The number of nitro benzene ring substituents is 1. The van der Waals surface area contributed by atoms with Gasteiger partial charge in [0.25, 0.3) is 21.6 Å². The number of hydrogen-bond acceptors (Lipinski definition) is 12. The third-order valence-corrected chi connectivity index (χ3v) is 17.2. The monoisotopic (exact) mass is 970 g/mol. The minimum absolute atomic E-state index is 0.0862. The summed E-state index contributed by atoms with van der Waals surface area (Å²) in [5, 5.41) is 19.8. The highest BCUT2D eigenvalue weighted by Gasteiger charge is 2.33. The highest BCUT2D eigenvalue weighted by molar-refractivity contribution is 7.90. The summed E-state index contributed by atoms with van der Waals surface area (Å²) in [6, 6.07) is 20.9. The number of ether oxygens (including phenoxy) is 1. The standard InChI is InChI=1S/C47H56ClN10O7PS/c1-47(2)15-13-34(39(30-47)32-5-7-35(48)8-6-32)31-54-21-23-55(24-22-54)36-9-11-38(41(28-36)57-25-26-65-46-43(57)27-33-14-17-50-44(33)52-46)45(59)53-67(63,64)37-10-12-40(42(29-37)58(60)61)49-18-20-56-19-4-16-51-66(56,3)62/h5-12,14,17,27-29,49H,4,13,15-16,18-26,30-31H2,1-3H3,(H,50,52)(H,51,62)(H,53,59). The predicted molar refractivity (Wildman–Crippen MR) is 264 cm³/mol. The van der Waals surface area contributed by atoms with Gasteiger partial charge in [-0.25, -0.2) is 17.8 Å².